The summed E-state index contributed by atoms with van der Waals surface area (Å²) >= 11 is 0. The number of nitrogens with two attached hydrogens (primary N) is 1. The van der Waals surface area contributed by atoms with E-state index in [1.807, 2.05) is 11.0 Å². The SMILES string of the molecule is NC(=O)C1CCCN(C(=O)CN2CC3(CCOCC3)c3ccccc32)C1. The van der Waals surface area contributed by atoms with Crippen LogP contribution in [-0.2, 0) is 19.7 Å². The zero-order valence-corrected chi connectivity index (χ0v) is 15.2. The highest BCUT2D eigenvalue weighted by Gasteiger charge is 2.44. The van der Waals surface area contributed by atoms with Crippen LogP contribution in [0, 0.1) is 5.92 Å². The van der Waals surface area contributed by atoms with Gasteiger partial charge in [-0.05, 0) is 37.3 Å². The molecule has 1 aromatic rings. The second-order valence-electron chi connectivity index (χ2n) is 7.85. The summed E-state index contributed by atoms with van der Waals surface area (Å²) in [6, 6.07) is 8.45. The van der Waals surface area contributed by atoms with Crippen molar-refractivity contribution >= 4 is 17.5 Å². The Hall–Kier alpha value is -2.08. The van der Waals surface area contributed by atoms with Gasteiger partial charge in [0.05, 0.1) is 12.5 Å². The minimum Gasteiger partial charge on any atom is -0.381 e. The molecule has 1 unspecified atom stereocenters. The maximum absolute atomic E-state index is 12.9. The molecule has 6 nitrogen and oxygen atoms in total. The highest BCUT2D eigenvalue weighted by molar-refractivity contribution is 5.84. The fourth-order valence-electron chi connectivity index (χ4n) is 4.76. The largest absolute Gasteiger partial charge is 0.381 e. The van der Waals surface area contributed by atoms with Gasteiger partial charge in [-0.3, -0.25) is 9.59 Å². The maximum atomic E-state index is 12.9. The number of benzene rings is 1. The van der Waals surface area contributed by atoms with Crippen LogP contribution >= 0.6 is 0 Å². The topological polar surface area (TPSA) is 75.9 Å². The van der Waals surface area contributed by atoms with E-state index in [0.29, 0.717) is 13.1 Å². The van der Waals surface area contributed by atoms with Crippen LogP contribution in [-0.4, -0.2) is 56.1 Å². The van der Waals surface area contributed by atoms with E-state index < -0.39 is 0 Å². The summed E-state index contributed by atoms with van der Waals surface area (Å²) < 4.78 is 5.58. The van der Waals surface area contributed by atoms with Crippen molar-refractivity contribution in [2.45, 2.75) is 31.1 Å². The predicted octanol–water partition coefficient (Wildman–Crippen LogP) is 1.28. The van der Waals surface area contributed by atoms with Gasteiger partial charge in [0.2, 0.25) is 11.8 Å². The molecule has 0 aliphatic carbocycles. The average molecular weight is 357 g/mol. The van der Waals surface area contributed by atoms with Crippen LogP contribution in [0.25, 0.3) is 0 Å². The molecule has 1 spiro atoms. The van der Waals surface area contributed by atoms with E-state index >= 15 is 0 Å². The number of anilines is 1. The van der Waals surface area contributed by atoms with E-state index in [-0.39, 0.29) is 23.1 Å². The number of carbonyl (C=O) groups excluding carboxylic acids is 2. The molecular formula is C20H27N3O3. The number of nitrogens with zero attached hydrogens (tertiary/aromatic N) is 2. The minimum atomic E-state index is -0.296. The first kappa shape index (κ1) is 17.3. The molecule has 0 aromatic heterocycles. The molecular weight excluding hydrogens is 330 g/mol. The average Bonchev–Trinajstić information content (AvgIpc) is 2.96. The first-order valence-electron chi connectivity index (χ1n) is 9.58. The number of carbonyl (C=O) groups is 2. The van der Waals surface area contributed by atoms with Crippen LogP contribution in [0.4, 0.5) is 5.69 Å². The van der Waals surface area contributed by atoms with Crippen LogP contribution in [0.3, 0.4) is 0 Å². The smallest absolute Gasteiger partial charge is 0.242 e. The van der Waals surface area contributed by atoms with Crippen LogP contribution < -0.4 is 10.6 Å². The van der Waals surface area contributed by atoms with Crippen LogP contribution in [0.2, 0.25) is 0 Å². The number of piperidine rings is 1. The summed E-state index contributed by atoms with van der Waals surface area (Å²) in [6.45, 7) is 3.98. The van der Waals surface area contributed by atoms with Crippen LogP contribution in [0.1, 0.15) is 31.2 Å². The normalized spacial score (nSPS) is 24.5. The molecule has 26 heavy (non-hydrogen) atoms. The van der Waals surface area contributed by atoms with E-state index in [0.717, 1.165) is 52.0 Å². The van der Waals surface area contributed by atoms with Gasteiger partial charge >= 0.3 is 0 Å². The summed E-state index contributed by atoms with van der Waals surface area (Å²) in [5.41, 5.74) is 8.08. The molecule has 1 aromatic carbocycles. The lowest BCUT2D eigenvalue weighted by molar-refractivity contribution is -0.133. The van der Waals surface area contributed by atoms with Crippen LogP contribution in [0.15, 0.2) is 24.3 Å². The van der Waals surface area contributed by atoms with Crippen molar-refractivity contribution in [3.8, 4) is 0 Å². The lowest BCUT2D eigenvalue weighted by Gasteiger charge is -2.35. The van der Waals surface area contributed by atoms with Gasteiger partial charge in [0.15, 0.2) is 0 Å². The fourth-order valence-corrected chi connectivity index (χ4v) is 4.76. The third-order valence-corrected chi connectivity index (χ3v) is 6.26. The Balaban J connectivity index is 1.50. The number of hydrogen-bond donors (Lipinski definition) is 1. The number of rotatable bonds is 3. The predicted molar refractivity (Wildman–Crippen MR) is 98.9 cm³/mol. The first-order chi connectivity index (χ1) is 12.6. The maximum Gasteiger partial charge on any atom is 0.242 e. The van der Waals surface area contributed by atoms with Crippen molar-refractivity contribution in [1.29, 1.82) is 0 Å². The number of ether oxygens (including phenoxy) is 1. The van der Waals surface area contributed by atoms with E-state index in [1.54, 1.807) is 0 Å². The highest BCUT2D eigenvalue weighted by Crippen LogP contribution is 2.46. The molecule has 0 saturated carbocycles. The summed E-state index contributed by atoms with van der Waals surface area (Å²) in [4.78, 5) is 28.4. The summed E-state index contributed by atoms with van der Waals surface area (Å²) in [7, 11) is 0. The Morgan fingerprint density at radius 1 is 1.23 bits per heavy atom. The monoisotopic (exact) mass is 357 g/mol. The lowest BCUT2D eigenvalue weighted by atomic mass is 9.76. The Labute approximate surface area is 154 Å². The Morgan fingerprint density at radius 2 is 2.00 bits per heavy atom. The van der Waals surface area contributed by atoms with Crippen molar-refractivity contribution in [3.05, 3.63) is 29.8 Å². The molecule has 3 aliphatic heterocycles. The Bertz CT molecular complexity index is 699. The van der Waals surface area contributed by atoms with Crippen molar-refractivity contribution in [2.75, 3.05) is 44.3 Å². The molecule has 140 valence electrons. The molecule has 4 rings (SSSR count). The van der Waals surface area contributed by atoms with Gasteiger partial charge in [0, 0.05) is 44.0 Å². The highest BCUT2D eigenvalue weighted by atomic mass is 16.5. The molecule has 6 heteroatoms. The zero-order chi connectivity index (χ0) is 18.1. The molecule has 2 N–H and O–H groups in total. The number of fused-ring (bicyclic) bond motifs is 2. The van der Waals surface area contributed by atoms with E-state index in [4.69, 9.17) is 10.5 Å². The van der Waals surface area contributed by atoms with Gasteiger partial charge in [-0.15, -0.1) is 0 Å². The lowest BCUT2D eigenvalue weighted by Crippen LogP contribution is -2.48. The van der Waals surface area contributed by atoms with E-state index in [9.17, 15) is 9.59 Å². The molecule has 0 bridgehead atoms. The quantitative estimate of drug-likeness (QED) is 0.884. The Morgan fingerprint density at radius 3 is 2.77 bits per heavy atom. The van der Waals surface area contributed by atoms with Gasteiger partial charge in [-0.25, -0.2) is 0 Å². The zero-order valence-electron chi connectivity index (χ0n) is 15.2. The summed E-state index contributed by atoms with van der Waals surface area (Å²) in [5, 5.41) is 0. The van der Waals surface area contributed by atoms with E-state index in [2.05, 4.69) is 23.1 Å². The van der Waals surface area contributed by atoms with Crippen molar-refractivity contribution in [1.82, 2.24) is 4.90 Å². The van der Waals surface area contributed by atoms with Gasteiger partial charge in [0.25, 0.3) is 0 Å². The molecule has 1 atom stereocenters. The Kier molecular flexibility index (Phi) is 4.61. The molecule has 2 amide bonds. The van der Waals surface area contributed by atoms with Crippen molar-refractivity contribution < 1.29 is 14.3 Å². The number of likely N-dealkylation sites (tertiary alicyclic amines) is 1. The number of para-hydroxylation sites is 1. The second kappa shape index (κ2) is 6.91. The number of hydrogen-bond acceptors (Lipinski definition) is 4. The fraction of sp³-hybridized carbons (Fsp3) is 0.600. The van der Waals surface area contributed by atoms with Gasteiger partial charge in [0.1, 0.15) is 0 Å². The summed E-state index contributed by atoms with van der Waals surface area (Å²) in [6.07, 6.45) is 3.64. The third-order valence-electron chi connectivity index (χ3n) is 6.26. The minimum absolute atomic E-state index is 0.0925. The third kappa shape index (κ3) is 3.07. The van der Waals surface area contributed by atoms with Gasteiger partial charge < -0.3 is 20.3 Å². The molecule has 2 fully saturated rings. The number of amides is 2. The van der Waals surface area contributed by atoms with Gasteiger partial charge in [-0.2, -0.15) is 0 Å². The van der Waals surface area contributed by atoms with E-state index in [1.165, 1.54) is 11.3 Å². The van der Waals surface area contributed by atoms with Crippen LogP contribution in [0.5, 0.6) is 0 Å². The molecule has 2 saturated heterocycles. The molecule has 0 radical (unpaired) electrons. The van der Waals surface area contributed by atoms with Gasteiger partial charge in [-0.1, -0.05) is 18.2 Å². The standard InChI is InChI=1S/C20H27N3O3/c21-19(25)15-4-3-9-22(12-15)18(24)13-23-14-20(7-10-26-11-8-20)16-5-1-2-6-17(16)23/h1-2,5-6,15H,3-4,7-14H2,(H2,21,25). The second-order valence-corrected chi connectivity index (χ2v) is 7.85. The first-order valence-corrected chi connectivity index (χ1v) is 9.58. The number of primary amides is 1. The van der Waals surface area contributed by atoms with Crippen molar-refractivity contribution in [2.24, 2.45) is 11.7 Å². The molecule has 3 aliphatic rings. The molecule has 3 heterocycles. The van der Waals surface area contributed by atoms with Crippen molar-refractivity contribution in [3.63, 3.8) is 0 Å². The summed E-state index contributed by atoms with van der Waals surface area (Å²) in [5.74, 6) is -0.412.